The van der Waals surface area contributed by atoms with E-state index < -0.39 is 0 Å². The molecule has 0 saturated carbocycles. The average molecular weight is 211 g/mol. The van der Waals surface area contributed by atoms with Crippen LogP contribution in [0, 0.1) is 17.2 Å². The molecule has 4 heteroatoms. The Kier molecular flexibility index (Phi) is 7.65. The van der Waals surface area contributed by atoms with Crippen LogP contribution in [-0.4, -0.2) is 18.5 Å². The molecular weight excluding hydrogens is 190 g/mol. The highest BCUT2D eigenvalue weighted by atomic mass is 16.1. The Labute approximate surface area is 91.8 Å². The molecule has 0 aliphatic carbocycles. The van der Waals surface area contributed by atoms with Crippen LogP contribution < -0.4 is 11.1 Å². The molecule has 0 spiro atoms. The quantitative estimate of drug-likeness (QED) is 0.663. The van der Waals surface area contributed by atoms with E-state index in [0.717, 1.165) is 12.8 Å². The first-order chi connectivity index (χ1) is 7.10. The lowest BCUT2D eigenvalue weighted by Crippen LogP contribution is -2.32. The summed E-state index contributed by atoms with van der Waals surface area (Å²) in [4.78, 5) is 11.4. The summed E-state index contributed by atoms with van der Waals surface area (Å²) in [5.41, 5.74) is 5.42. The number of hydrogen-bond acceptors (Lipinski definition) is 3. The van der Waals surface area contributed by atoms with Crippen molar-refractivity contribution in [1.29, 1.82) is 5.26 Å². The minimum Gasteiger partial charge on any atom is -0.353 e. The number of nitrogens with zero attached hydrogens (tertiary/aromatic N) is 1. The van der Waals surface area contributed by atoms with Crippen LogP contribution in [0.4, 0.5) is 0 Å². The van der Waals surface area contributed by atoms with Crippen LogP contribution in [0.15, 0.2) is 0 Å². The summed E-state index contributed by atoms with van der Waals surface area (Å²) in [6, 6.07) is 1.98. The van der Waals surface area contributed by atoms with E-state index in [1.807, 2.05) is 13.0 Å². The third-order valence-electron chi connectivity index (χ3n) is 2.33. The number of nitrogens with one attached hydrogen (secondary N) is 1. The fourth-order valence-corrected chi connectivity index (χ4v) is 1.34. The fourth-order valence-electron chi connectivity index (χ4n) is 1.34. The molecule has 0 fully saturated rings. The SMILES string of the molecule is CC(CCN)CCC(=O)NC(C)CC#N. The molecule has 0 heterocycles. The Balaban J connectivity index is 3.62. The van der Waals surface area contributed by atoms with Crippen molar-refractivity contribution in [2.75, 3.05) is 6.54 Å². The standard InChI is InChI=1S/C11H21N3O/c1-9(5-7-12)3-4-11(15)14-10(2)6-8-13/h9-10H,3-7,12H2,1-2H3,(H,14,15). The lowest BCUT2D eigenvalue weighted by atomic mass is 10.0. The van der Waals surface area contributed by atoms with Gasteiger partial charge >= 0.3 is 0 Å². The summed E-state index contributed by atoms with van der Waals surface area (Å²) in [5, 5.41) is 11.2. The molecule has 15 heavy (non-hydrogen) atoms. The first-order valence-electron chi connectivity index (χ1n) is 5.46. The molecule has 0 rings (SSSR count). The van der Waals surface area contributed by atoms with Crippen molar-refractivity contribution in [3.8, 4) is 6.07 Å². The Bertz CT molecular complexity index is 222. The molecule has 4 nitrogen and oxygen atoms in total. The van der Waals surface area contributed by atoms with Gasteiger partial charge in [-0.3, -0.25) is 4.79 Å². The summed E-state index contributed by atoms with van der Waals surface area (Å²) < 4.78 is 0. The van der Waals surface area contributed by atoms with Gasteiger partial charge in [0.1, 0.15) is 0 Å². The van der Waals surface area contributed by atoms with E-state index in [1.165, 1.54) is 0 Å². The molecule has 2 unspecified atom stereocenters. The lowest BCUT2D eigenvalue weighted by molar-refractivity contribution is -0.121. The van der Waals surface area contributed by atoms with Crippen LogP contribution in [0.2, 0.25) is 0 Å². The second-order valence-corrected chi connectivity index (χ2v) is 4.05. The van der Waals surface area contributed by atoms with Crippen molar-refractivity contribution < 1.29 is 4.79 Å². The molecule has 0 radical (unpaired) electrons. The molecule has 0 aromatic carbocycles. The Morgan fingerprint density at radius 3 is 2.67 bits per heavy atom. The highest BCUT2D eigenvalue weighted by Gasteiger charge is 2.08. The summed E-state index contributed by atoms with van der Waals surface area (Å²) in [6.07, 6.45) is 2.71. The maximum Gasteiger partial charge on any atom is 0.220 e. The second-order valence-electron chi connectivity index (χ2n) is 4.05. The molecule has 0 bridgehead atoms. The van der Waals surface area contributed by atoms with Crippen LogP contribution >= 0.6 is 0 Å². The minimum atomic E-state index is -0.0488. The zero-order valence-corrected chi connectivity index (χ0v) is 9.62. The number of carbonyl (C=O) groups excluding carboxylic acids is 1. The van der Waals surface area contributed by atoms with Crippen molar-refractivity contribution >= 4 is 5.91 Å². The molecule has 0 aromatic rings. The van der Waals surface area contributed by atoms with E-state index in [9.17, 15) is 4.79 Å². The van der Waals surface area contributed by atoms with Crippen molar-refractivity contribution in [2.45, 2.75) is 45.6 Å². The third-order valence-corrected chi connectivity index (χ3v) is 2.33. The molecule has 0 aromatic heterocycles. The van der Waals surface area contributed by atoms with Gasteiger partial charge in [0, 0.05) is 12.5 Å². The Hall–Kier alpha value is -1.08. The van der Waals surface area contributed by atoms with Gasteiger partial charge in [0.2, 0.25) is 5.91 Å². The van der Waals surface area contributed by atoms with E-state index >= 15 is 0 Å². The van der Waals surface area contributed by atoms with E-state index in [1.54, 1.807) is 0 Å². The first kappa shape index (κ1) is 13.9. The predicted molar refractivity (Wildman–Crippen MR) is 59.9 cm³/mol. The zero-order chi connectivity index (χ0) is 11.7. The van der Waals surface area contributed by atoms with Gasteiger partial charge in [0.05, 0.1) is 12.5 Å². The van der Waals surface area contributed by atoms with Crippen LogP contribution in [0.25, 0.3) is 0 Å². The molecule has 1 amide bonds. The molecule has 86 valence electrons. The Morgan fingerprint density at radius 2 is 2.13 bits per heavy atom. The van der Waals surface area contributed by atoms with E-state index in [2.05, 4.69) is 12.2 Å². The van der Waals surface area contributed by atoms with Crippen molar-refractivity contribution in [1.82, 2.24) is 5.32 Å². The average Bonchev–Trinajstić information content (AvgIpc) is 2.15. The molecule has 0 saturated heterocycles. The molecule has 0 aliphatic rings. The van der Waals surface area contributed by atoms with Gasteiger partial charge in [-0.1, -0.05) is 6.92 Å². The van der Waals surface area contributed by atoms with E-state index in [4.69, 9.17) is 11.0 Å². The fraction of sp³-hybridized carbons (Fsp3) is 0.818. The highest BCUT2D eigenvalue weighted by molar-refractivity contribution is 5.76. The zero-order valence-electron chi connectivity index (χ0n) is 9.62. The van der Waals surface area contributed by atoms with Gasteiger partial charge in [-0.15, -0.1) is 0 Å². The van der Waals surface area contributed by atoms with Gasteiger partial charge in [-0.2, -0.15) is 5.26 Å². The van der Waals surface area contributed by atoms with Crippen molar-refractivity contribution in [2.24, 2.45) is 11.7 Å². The largest absolute Gasteiger partial charge is 0.353 e. The number of carbonyl (C=O) groups is 1. The third kappa shape index (κ3) is 7.95. The molecular formula is C11H21N3O. The second kappa shape index (κ2) is 8.25. The highest BCUT2D eigenvalue weighted by Crippen LogP contribution is 2.08. The number of amides is 1. The maximum atomic E-state index is 11.4. The van der Waals surface area contributed by atoms with Gasteiger partial charge in [0.25, 0.3) is 0 Å². The van der Waals surface area contributed by atoms with E-state index in [0.29, 0.717) is 25.3 Å². The Morgan fingerprint density at radius 1 is 1.47 bits per heavy atom. The van der Waals surface area contributed by atoms with Crippen LogP contribution in [0.1, 0.15) is 39.5 Å². The summed E-state index contributed by atoms with van der Waals surface area (Å²) in [5.74, 6) is 0.522. The van der Waals surface area contributed by atoms with Gasteiger partial charge < -0.3 is 11.1 Å². The summed E-state index contributed by atoms with van der Waals surface area (Å²) >= 11 is 0. The predicted octanol–water partition coefficient (Wildman–Crippen LogP) is 1.17. The summed E-state index contributed by atoms with van der Waals surface area (Å²) in [6.45, 7) is 4.61. The summed E-state index contributed by atoms with van der Waals surface area (Å²) in [7, 11) is 0. The number of hydrogen-bond donors (Lipinski definition) is 2. The number of nitriles is 1. The minimum absolute atomic E-state index is 0.0293. The molecule has 0 aliphatic heterocycles. The van der Waals surface area contributed by atoms with Gasteiger partial charge in [0.15, 0.2) is 0 Å². The topological polar surface area (TPSA) is 78.9 Å². The normalized spacial score (nSPS) is 14.0. The smallest absolute Gasteiger partial charge is 0.220 e. The monoisotopic (exact) mass is 211 g/mol. The maximum absolute atomic E-state index is 11.4. The lowest BCUT2D eigenvalue weighted by Gasteiger charge is -2.12. The number of rotatable bonds is 7. The van der Waals surface area contributed by atoms with Gasteiger partial charge in [-0.25, -0.2) is 0 Å². The van der Waals surface area contributed by atoms with Crippen LogP contribution in [0.5, 0.6) is 0 Å². The van der Waals surface area contributed by atoms with Crippen molar-refractivity contribution in [3.63, 3.8) is 0 Å². The van der Waals surface area contributed by atoms with Crippen LogP contribution in [-0.2, 0) is 4.79 Å². The number of nitrogens with two attached hydrogens (primary N) is 1. The van der Waals surface area contributed by atoms with Gasteiger partial charge in [-0.05, 0) is 32.2 Å². The van der Waals surface area contributed by atoms with Crippen molar-refractivity contribution in [3.05, 3.63) is 0 Å². The molecule has 3 N–H and O–H groups in total. The molecule has 2 atom stereocenters. The van der Waals surface area contributed by atoms with Crippen LogP contribution in [0.3, 0.4) is 0 Å². The first-order valence-corrected chi connectivity index (χ1v) is 5.46. The van der Waals surface area contributed by atoms with E-state index in [-0.39, 0.29) is 11.9 Å².